The zero-order valence-electron chi connectivity index (χ0n) is 13.0. The second-order valence-corrected chi connectivity index (χ2v) is 7.57. The van der Waals surface area contributed by atoms with Crippen molar-refractivity contribution in [1.82, 2.24) is 20.2 Å². The Morgan fingerprint density at radius 3 is 3.00 bits per heavy atom. The molecule has 1 fully saturated rings. The third-order valence-electron chi connectivity index (χ3n) is 3.96. The quantitative estimate of drug-likeness (QED) is 0.761. The lowest BCUT2D eigenvalue weighted by molar-refractivity contribution is 0.239. The van der Waals surface area contributed by atoms with Crippen molar-refractivity contribution in [2.45, 2.75) is 50.8 Å². The van der Waals surface area contributed by atoms with Gasteiger partial charge in [0.2, 0.25) is 0 Å². The van der Waals surface area contributed by atoms with E-state index in [1.54, 1.807) is 0 Å². The number of nitrogens with one attached hydrogen (secondary N) is 2. The molecule has 2 N–H and O–H groups in total. The van der Waals surface area contributed by atoms with Gasteiger partial charge in [-0.1, -0.05) is 0 Å². The topological polar surface area (TPSA) is 59.0 Å². The number of rotatable bonds is 7. The van der Waals surface area contributed by atoms with Gasteiger partial charge in [0.25, 0.3) is 0 Å². The van der Waals surface area contributed by atoms with E-state index in [0.29, 0.717) is 0 Å². The van der Waals surface area contributed by atoms with Crippen LogP contribution in [-0.2, 0) is 6.54 Å². The van der Waals surface area contributed by atoms with Crippen LogP contribution in [0.2, 0.25) is 0 Å². The maximum atomic E-state index is 11.7. The number of aryl methyl sites for hydroxylation is 2. The summed E-state index contributed by atoms with van der Waals surface area (Å²) < 4.78 is 2.37. The van der Waals surface area contributed by atoms with E-state index in [-0.39, 0.29) is 10.8 Å². The van der Waals surface area contributed by atoms with E-state index in [1.807, 2.05) is 31.1 Å². The number of hydrogen-bond donors (Lipinski definition) is 2. The van der Waals surface area contributed by atoms with Crippen LogP contribution in [0.4, 0.5) is 4.79 Å². The predicted molar refractivity (Wildman–Crippen MR) is 87.7 cm³/mol. The van der Waals surface area contributed by atoms with Crippen LogP contribution in [0.25, 0.3) is 0 Å². The van der Waals surface area contributed by atoms with Crippen molar-refractivity contribution in [3.63, 3.8) is 0 Å². The molecule has 2 amide bonds. The fraction of sp³-hybridized carbons (Fsp3) is 0.733. The molecule has 0 aromatic carbocycles. The first-order valence-electron chi connectivity index (χ1n) is 7.72. The standard InChI is InChI=1S/C15H26N4OS/c1-13-16-8-10-19(13)9-4-3-7-17-14(20)18-12-15(2)6-5-11-21-15/h8,10H,3-7,9,11-12H2,1-2H3,(H2,17,18,20). The molecule has 5 nitrogen and oxygen atoms in total. The van der Waals surface area contributed by atoms with E-state index >= 15 is 0 Å². The molecule has 1 aromatic heterocycles. The van der Waals surface area contributed by atoms with E-state index in [2.05, 4.69) is 27.1 Å². The Hall–Kier alpha value is -1.17. The van der Waals surface area contributed by atoms with Gasteiger partial charge in [-0.25, -0.2) is 9.78 Å². The number of urea groups is 1. The third kappa shape index (κ3) is 5.26. The van der Waals surface area contributed by atoms with Crippen LogP contribution in [0.5, 0.6) is 0 Å². The molecule has 2 heterocycles. The summed E-state index contributed by atoms with van der Waals surface area (Å²) in [6.07, 6.45) is 8.31. The zero-order chi connectivity index (χ0) is 15.1. The molecule has 0 saturated carbocycles. The number of imidazole rings is 1. The number of carbonyl (C=O) groups excluding carboxylic acids is 1. The second-order valence-electron chi connectivity index (χ2n) is 5.89. The van der Waals surface area contributed by atoms with Crippen molar-refractivity contribution in [3.8, 4) is 0 Å². The maximum absolute atomic E-state index is 11.7. The van der Waals surface area contributed by atoms with Gasteiger partial charge in [-0.2, -0.15) is 11.8 Å². The minimum absolute atomic E-state index is 0.0393. The molecule has 1 unspecified atom stereocenters. The average molecular weight is 310 g/mol. The van der Waals surface area contributed by atoms with Crippen molar-refractivity contribution >= 4 is 17.8 Å². The van der Waals surface area contributed by atoms with Crippen molar-refractivity contribution < 1.29 is 4.79 Å². The molecule has 1 aliphatic rings. The van der Waals surface area contributed by atoms with Crippen LogP contribution in [0.3, 0.4) is 0 Å². The van der Waals surface area contributed by atoms with E-state index in [9.17, 15) is 4.79 Å². The molecule has 0 radical (unpaired) electrons. The lowest BCUT2D eigenvalue weighted by Gasteiger charge is -2.22. The molecular formula is C15H26N4OS. The molecule has 21 heavy (non-hydrogen) atoms. The fourth-order valence-corrected chi connectivity index (χ4v) is 3.80. The van der Waals surface area contributed by atoms with Crippen molar-refractivity contribution in [3.05, 3.63) is 18.2 Å². The Morgan fingerprint density at radius 1 is 1.48 bits per heavy atom. The highest BCUT2D eigenvalue weighted by Crippen LogP contribution is 2.36. The van der Waals surface area contributed by atoms with Crippen molar-refractivity contribution in [2.24, 2.45) is 0 Å². The van der Waals surface area contributed by atoms with Crippen LogP contribution < -0.4 is 10.6 Å². The third-order valence-corrected chi connectivity index (χ3v) is 5.50. The van der Waals surface area contributed by atoms with Crippen molar-refractivity contribution in [2.75, 3.05) is 18.8 Å². The first-order valence-corrected chi connectivity index (χ1v) is 8.71. The molecule has 0 bridgehead atoms. The molecule has 0 aliphatic carbocycles. The monoisotopic (exact) mass is 310 g/mol. The number of carbonyl (C=O) groups is 1. The van der Waals surface area contributed by atoms with Crippen LogP contribution in [0.15, 0.2) is 12.4 Å². The number of amides is 2. The van der Waals surface area contributed by atoms with Gasteiger partial charge in [-0.05, 0) is 45.3 Å². The summed E-state index contributed by atoms with van der Waals surface area (Å²) >= 11 is 1.97. The van der Waals surface area contributed by atoms with Gasteiger partial charge >= 0.3 is 6.03 Å². The Balaban J connectivity index is 1.52. The fourth-order valence-electron chi connectivity index (χ4n) is 2.56. The van der Waals surface area contributed by atoms with Gasteiger partial charge in [0.15, 0.2) is 0 Å². The summed E-state index contributed by atoms with van der Waals surface area (Å²) in [4.78, 5) is 15.9. The van der Waals surface area contributed by atoms with Crippen molar-refractivity contribution in [1.29, 1.82) is 0 Å². The molecule has 1 saturated heterocycles. The Morgan fingerprint density at radius 2 is 2.33 bits per heavy atom. The van der Waals surface area contributed by atoms with Crippen LogP contribution in [-0.4, -0.2) is 39.2 Å². The first kappa shape index (κ1) is 16.2. The number of nitrogens with zero attached hydrogens (tertiary/aromatic N) is 2. The van der Waals surface area contributed by atoms with Crippen LogP contribution in [0.1, 0.15) is 38.4 Å². The smallest absolute Gasteiger partial charge is 0.314 e. The Bertz CT molecular complexity index is 454. The Kier molecular flexibility index (Phi) is 5.96. The molecule has 2 rings (SSSR count). The molecule has 1 aromatic rings. The molecule has 6 heteroatoms. The van der Waals surface area contributed by atoms with E-state index in [0.717, 1.165) is 38.3 Å². The minimum atomic E-state index is -0.0393. The largest absolute Gasteiger partial charge is 0.338 e. The van der Waals surface area contributed by atoms with Gasteiger partial charge in [-0.15, -0.1) is 0 Å². The highest BCUT2D eigenvalue weighted by molar-refractivity contribution is 8.00. The van der Waals surface area contributed by atoms with E-state index in [4.69, 9.17) is 0 Å². The van der Waals surface area contributed by atoms with E-state index in [1.165, 1.54) is 18.6 Å². The second kappa shape index (κ2) is 7.73. The molecule has 1 atom stereocenters. The highest BCUT2D eigenvalue weighted by atomic mass is 32.2. The molecular weight excluding hydrogens is 284 g/mol. The summed E-state index contributed by atoms with van der Waals surface area (Å²) in [6, 6.07) is -0.0393. The maximum Gasteiger partial charge on any atom is 0.314 e. The lowest BCUT2D eigenvalue weighted by atomic mass is 10.1. The number of thioether (sulfide) groups is 1. The highest BCUT2D eigenvalue weighted by Gasteiger charge is 2.29. The van der Waals surface area contributed by atoms with Gasteiger partial charge in [0.05, 0.1) is 0 Å². The summed E-state index contributed by atoms with van der Waals surface area (Å²) in [5, 5.41) is 5.93. The molecule has 1 aliphatic heterocycles. The van der Waals surface area contributed by atoms with Crippen LogP contribution >= 0.6 is 11.8 Å². The minimum Gasteiger partial charge on any atom is -0.338 e. The summed E-state index contributed by atoms with van der Waals surface area (Å²) in [7, 11) is 0. The average Bonchev–Trinajstić information content (AvgIpc) is 3.06. The first-order chi connectivity index (χ1) is 10.1. The van der Waals surface area contributed by atoms with Crippen LogP contribution in [0, 0.1) is 6.92 Å². The summed E-state index contributed by atoms with van der Waals surface area (Å²) in [5.74, 6) is 2.26. The summed E-state index contributed by atoms with van der Waals surface area (Å²) in [5.41, 5.74) is 0. The SMILES string of the molecule is Cc1nccn1CCCCNC(=O)NCC1(C)CCCS1. The lowest BCUT2D eigenvalue weighted by Crippen LogP contribution is -2.42. The number of aromatic nitrogens is 2. The van der Waals surface area contributed by atoms with E-state index < -0.39 is 0 Å². The zero-order valence-corrected chi connectivity index (χ0v) is 13.8. The number of unbranched alkanes of at least 4 members (excludes halogenated alkanes) is 1. The molecule has 0 spiro atoms. The Labute approximate surface area is 131 Å². The van der Waals surface area contributed by atoms with Gasteiger partial charge in [0.1, 0.15) is 5.82 Å². The predicted octanol–water partition coefficient (Wildman–Crippen LogP) is 2.56. The van der Waals surface area contributed by atoms with Gasteiger partial charge < -0.3 is 15.2 Å². The molecule has 118 valence electrons. The summed E-state index contributed by atoms with van der Waals surface area (Å²) in [6.45, 7) is 6.69. The van der Waals surface area contributed by atoms with Gasteiger partial charge in [-0.3, -0.25) is 0 Å². The number of hydrogen-bond acceptors (Lipinski definition) is 3. The van der Waals surface area contributed by atoms with Gasteiger partial charge in [0, 0.05) is 36.8 Å². The normalized spacial score (nSPS) is 21.4.